The first-order chi connectivity index (χ1) is 13.8. The summed E-state index contributed by atoms with van der Waals surface area (Å²) in [5.74, 6) is 0.568. The number of rotatable bonds is 5. The topological polar surface area (TPSA) is 59.7 Å². The molecule has 4 rings (SSSR count). The van der Waals surface area contributed by atoms with Crippen LogP contribution in [0.4, 0.5) is 0 Å². The van der Waals surface area contributed by atoms with Gasteiger partial charge in [0, 0.05) is 11.8 Å². The minimum Gasteiger partial charge on any atom is -0.507 e. The molecular weight excluding hydrogens is 364 g/mol. The number of aryl methyl sites for hydroxylation is 1. The molecule has 4 heteroatoms. The molecule has 0 radical (unpaired) electrons. The second kappa shape index (κ2) is 7.55. The zero-order valence-electron chi connectivity index (χ0n) is 17.9. The lowest BCUT2D eigenvalue weighted by atomic mass is 9.62. The molecule has 5 atom stereocenters. The van der Waals surface area contributed by atoms with Crippen LogP contribution in [0.25, 0.3) is 0 Å². The van der Waals surface area contributed by atoms with Gasteiger partial charge in [0.1, 0.15) is 5.76 Å². The zero-order chi connectivity index (χ0) is 20.8. The van der Waals surface area contributed by atoms with Crippen molar-refractivity contribution in [2.45, 2.75) is 65.4 Å². The minimum atomic E-state index is -0.937. The van der Waals surface area contributed by atoms with Gasteiger partial charge in [-0.3, -0.25) is 0 Å². The molecule has 0 saturated heterocycles. The summed E-state index contributed by atoms with van der Waals surface area (Å²) in [7, 11) is 0. The fourth-order valence-corrected chi connectivity index (χ4v) is 5.87. The van der Waals surface area contributed by atoms with Gasteiger partial charge in [0.05, 0.1) is 18.1 Å². The Morgan fingerprint density at radius 2 is 2.14 bits per heavy atom. The summed E-state index contributed by atoms with van der Waals surface area (Å²) in [6.07, 6.45) is 13.1. The van der Waals surface area contributed by atoms with E-state index in [0.717, 1.165) is 32.1 Å². The zero-order valence-corrected chi connectivity index (χ0v) is 17.9. The third kappa shape index (κ3) is 3.27. The van der Waals surface area contributed by atoms with Gasteiger partial charge in [-0.2, -0.15) is 0 Å². The van der Waals surface area contributed by atoms with Gasteiger partial charge in [-0.1, -0.05) is 30.2 Å². The third-order valence-corrected chi connectivity index (χ3v) is 7.37. The number of hydrogen-bond donors (Lipinski definition) is 1. The molecule has 156 valence electrons. The van der Waals surface area contributed by atoms with Crippen LogP contribution >= 0.6 is 0 Å². The van der Waals surface area contributed by atoms with Crippen LogP contribution in [0.1, 0.15) is 58.9 Å². The molecule has 1 aliphatic heterocycles. The molecule has 3 unspecified atom stereocenters. The Balaban J connectivity index is 1.64. The van der Waals surface area contributed by atoms with Crippen LogP contribution in [0.5, 0.6) is 0 Å². The van der Waals surface area contributed by atoms with E-state index in [2.05, 4.69) is 32.9 Å². The standard InChI is InChI=1S/C25H32O4/c1-15(6-5-7-19-10-11-28-14-19)12-20-13-17(3)21-9-8-16(2)22(21)25(20)23(26)18(4)24(27)29-25/h10-14,16,20-22,26H,5-9H2,1-4H3/b15-12+/t16-,20?,21?,22+,25?/m0/s1. The largest absolute Gasteiger partial charge is 0.507 e. The molecule has 3 aliphatic rings. The van der Waals surface area contributed by atoms with Gasteiger partial charge >= 0.3 is 5.97 Å². The van der Waals surface area contributed by atoms with Gasteiger partial charge in [-0.15, -0.1) is 0 Å². The molecule has 0 bridgehead atoms. The Labute approximate surface area is 173 Å². The van der Waals surface area contributed by atoms with Crippen LogP contribution in [0.2, 0.25) is 0 Å². The number of fused-ring (bicyclic) bond motifs is 2. The lowest BCUT2D eigenvalue weighted by Crippen LogP contribution is -2.52. The Morgan fingerprint density at radius 3 is 2.79 bits per heavy atom. The molecule has 1 saturated carbocycles. The van der Waals surface area contributed by atoms with E-state index in [0.29, 0.717) is 17.4 Å². The first-order valence-corrected chi connectivity index (χ1v) is 10.8. The number of hydrogen-bond acceptors (Lipinski definition) is 4. The first-order valence-electron chi connectivity index (χ1n) is 10.8. The normalized spacial score (nSPS) is 34.6. The molecule has 0 aromatic carbocycles. The maximum atomic E-state index is 12.5. The number of allylic oxidation sites excluding steroid dienone is 2. The van der Waals surface area contributed by atoms with Gasteiger partial charge < -0.3 is 14.3 Å². The summed E-state index contributed by atoms with van der Waals surface area (Å²) in [5.41, 5.74) is 3.27. The van der Waals surface area contributed by atoms with Crippen LogP contribution in [-0.4, -0.2) is 16.7 Å². The predicted molar refractivity (Wildman–Crippen MR) is 112 cm³/mol. The van der Waals surface area contributed by atoms with Crippen molar-refractivity contribution < 1.29 is 19.1 Å². The molecule has 2 heterocycles. The summed E-state index contributed by atoms with van der Waals surface area (Å²) in [4.78, 5) is 12.5. The van der Waals surface area contributed by atoms with Gasteiger partial charge in [-0.05, 0) is 76.3 Å². The number of aliphatic hydroxyl groups excluding tert-OH is 1. The Kier molecular flexibility index (Phi) is 5.22. The lowest BCUT2D eigenvalue weighted by Gasteiger charge is -2.46. The molecule has 1 spiro atoms. The number of ether oxygens (including phenoxy) is 1. The molecule has 1 fully saturated rings. The van der Waals surface area contributed by atoms with Crippen LogP contribution in [0.3, 0.4) is 0 Å². The monoisotopic (exact) mass is 396 g/mol. The molecule has 1 aromatic heterocycles. The second-order valence-corrected chi connectivity index (χ2v) is 9.28. The fraction of sp³-hybridized carbons (Fsp3) is 0.560. The van der Waals surface area contributed by atoms with E-state index in [9.17, 15) is 9.90 Å². The number of carbonyl (C=O) groups is 1. The van der Waals surface area contributed by atoms with Crippen molar-refractivity contribution in [3.63, 3.8) is 0 Å². The lowest BCUT2D eigenvalue weighted by molar-refractivity contribution is -0.160. The van der Waals surface area contributed by atoms with Gasteiger partial charge in [0.15, 0.2) is 5.60 Å². The smallest absolute Gasteiger partial charge is 0.338 e. The summed E-state index contributed by atoms with van der Waals surface area (Å²) < 4.78 is 11.2. The average Bonchev–Trinajstić information content (AvgIpc) is 3.38. The van der Waals surface area contributed by atoms with E-state index in [1.807, 2.05) is 6.07 Å². The van der Waals surface area contributed by atoms with Crippen molar-refractivity contribution in [3.05, 3.63) is 58.8 Å². The number of aliphatic hydroxyl groups is 1. The average molecular weight is 397 g/mol. The van der Waals surface area contributed by atoms with Gasteiger partial charge in [0.2, 0.25) is 0 Å². The summed E-state index contributed by atoms with van der Waals surface area (Å²) >= 11 is 0. The van der Waals surface area contributed by atoms with Crippen molar-refractivity contribution in [2.75, 3.05) is 0 Å². The highest BCUT2D eigenvalue weighted by Crippen LogP contribution is 2.58. The van der Waals surface area contributed by atoms with Crippen LogP contribution in [0.15, 0.2) is 57.6 Å². The molecule has 1 N–H and O–H groups in total. The van der Waals surface area contributed by atoms with Crippen molar-refractivity contribution in [2.24, 2.45) is 23.7 Å². The highest BCUT2D eigenvalue weighted by Gasteiger charge is 2.62. The molecule has 2 aliphatic carbocycles. The highest BCUT2D eigenvalue weighted by molar-refractivity contribution is 5.92. The van der Waals surface area contributed by atoms with E-state index in [1.165, 1.54) is 16.7 Å². The van der Waals surface area contributed by atoms with E-state index < -0.39 is 5.60 Å². The summed E-state index contributed by atoms with van der Waals surface area (Å²) in [5, 5.41) is 11.1. The molecule has 1 aromatic rings. The summed E-state index contributed by atoms with van der Waals surface area (Å²) in [6.45, 7) is 8.26. The maximum Gasteiger partial charge on any atom is 0.338 e. The van der Waals surface area contributed by atoms with Crippen LogP contribution < -0.4 is 0 Å². The Morgan fingerprint density at radius 1 is 1.34 bits per heavy atom. The van der Waals surface area contributed by atoms with Crippen molar-refractivity contribution in [1.82, 2.24) is 0 Å². The molecule has 4 nitrogen and oxygen atoms in total. The van der Waals surface area contributed by atoms with Gasteiger partial charge in [-0.25, -0.2) is 4.79 Å². The molecule has 29 heavy (non-hydrogen) atoms. The maximum absolute atomic E-state index is 12.5. The van der Waals surface area contributed by atoms with Crippen LogP contribution in [-0.2, 0) is 16.0 Å². The number of esters is 1. The van der Waals surface area contributed by atoms with Crippen molar-refractivity contribution in [3.8, 4) is 0 Å². The number of furan rings is 1. The fourth-order valence-electron chi connectivity index (χ4n) is 5.87. The van der Waals surface area contributed by atoms with E-state index in [-0.39, 0.29) is 23.6 Å². The third-order valence-electron chi connectivity index (χ3n) is 7.37. The van der Waals surface area contributed by atoms with Crippen molar-refractivity contribution in [1.29, 1.82) is 0 Å². The van der Waals surface area contributed by atoms with Crippen LogP contribution in [0, 0.1) is 23.7 Å². The SMILES string of the molecule is CC1=CC(/C=C(\C)CCCc2ccoc2)C2(OC(=O)C(C)=C2O)[C@H]2C1CC[C@@H]2C. The first kappa shape index (κ1) is 20.1. The Hall–Kier alpha value is -2.23. The highest BCUT2D eigenvalue weighted by atomic mass is 16.6. The Bertz CT molecular complexity index is 873. The minimum absolute atomic E-state index is 0.125. The number of carbonyl (C=O) groups excluding carboxylic acids is 1. The quantitative estimate of drug-likeness (QED) is 0.496. The van der Waals surface area contributed by atoms with E-state index in [1.54, 1.807) is 19.5 Å². The van der Waals surface area contributed by atoms with Crippen molar-refractivity contribution >= 4 is 5.97 Å². The second-order valence-electron chi connectivity index (χ2n) is 9.28. The molecule has 0 amide bonds. The molecular formula is C25H32O4. The van der Waals surface area contributed by atoms with E-state index in [4.69, 9.17) is 9.15 Å². The summed E-state index contributed by atoms with van der Waals surface area (Å²) in [6, 6.07) is 2.01. The predicted octanol–water partition coefficient (Wildman–Crippen LogP) is 5.91. The van der Waals surface area contributed by atoms with Gasteiger partial charge in [0.25, 0.3) is 0 Å². The van der Waals surface area contributed by atoms with E-state index >= 15 is 0 Å².